The number of hydrogen-bond donors (Lipinski definition) is 1. The van der Waals surface area contributed by atoms with Gasteiger partial charge in [0.15, 0.2) is 12.4 Å². The molecule has 4 aliphatic rings. The quantitative estimate of drug-likeness (QED) is 0.674. The number of hydrogen-bond acceptors (Lipinski definition) is 5. The number of benzene rings is 1. The Morgan fingerprint density at radius 1 is 1.00 bits per heavy atom. The lowest BCUT2D eigenvalue weighted by Crippen LogP contribution is -2.58. The highest BCUT2D eigenvalue weighted by molar-refractivity contribution is 5.94. The molecule has 6 atom stereocenters. The molecule has 176 valence electrons. The van der Waals surface area contributed by atoms with E-state index in [0.29, 0.717) is 30.2 Å². The zero-order valence-corrected chi connectivity index (χ0v) is 19.6. The lowest BCUT2D eigenvalue weighted by Gasteiger charge is -2.58. The normalized spacial score (nSPS) is 39.7. The monoisotopic (exact) mass is 450 g/mol. The largest absolute Gasteiger partial charge is 0.454 e. The molecule has 3 fully saturated rings. The number of fused-ring (bicyclic) bond motifs is 5. The van der Waals surface area contributed by atoms with E-state index < -0.39 is 23.6 Å². The minimum Gasteiger partial charge on any atom is -0.454 e. The molecule has 1 aromatic carbocycles. The highest BCUT2D eigenvalue weighted by Crippen LogP contribution is 2.67. The molecule has 1 N–H and O–H groups in total. The van der Waals surface area contributed by atoms with Crippen molar-refractivity contribution in [3.05, 3.63) is 47.5 Å². The summed E-state index contributed by atoms with van der Waals surface area (Å²) in [6, 6.07) is 8.62. The van der Waals surface area contributed by atoms with E-state index in [1.165, 1.54) is 5.57 Å². The Balaban J connectivity index is 1.33. The second-order valence-electron chi connectivity index (χ2n) is 11.2. The number of esters is 1. The molecule has 0 saturated heterocycles. The van der Waals surface area contributed by atoms with Crippen LogP contribution in [0.2, 0.25) is 0 Å². The van der Waals surface area contributed by atoms with Gasteiger partial charge in [-0.1, -0.05) is 37.6 Å². The van der Waals surface area contributed by atoms with Crippen molar-refractivity contribution in [1.82, 2.24) is 0 Å². The van der Waals surface area contributed by atoms with E-state index in [9.17, 15) is 19.5 Å². The van der Waals surface area contributed by atoms with Crippen LogP contribution in [0.25, 0.3) is 0 Å². The molecule has 5 rings (SSSR count). The summed E-state index contributed by atoms with van der Waals surface area (Å²) < 4.78 is 5.31. The number of allylic oxidation sites excluding steroid dienone is 1. The van der Waals surface area contributed by atoms with Crippen LogP contribution in [-0.2, 0) is 14.3 Å². The molecule has 0 aliphatic heterocycles. The molecule has 5 heteroatoms. The molecule has 33 heavy (non-hydrogen) atoms. The van der Waals surface area contributed by atoms with Gasteiger partial charge in [0.25, 0.3) is 0 Å². The van der Waals surface area contributed by atoms with Crippen LogP contribution in [-0.4, -0.2) is 34.9 Å². The number of ether oxygens (including phenoxy) is 1. The number of rotatable bonds is 4. The summed E-state index contributed by atoms with van der Waals surface area (Å²) in [4.78, 5) is 37.6. The first-order valence-electron chi connectivity index (χ1n) is 12.4. The van der Waals surface area contributed by atoms with Gasteiger partial charge in [0.2, 0.25) is 5.78 Å². The van der Waals surface area contributed by atoms with E-state index >= 15 is 0 Å². The van der Waals surface area contributed by atoms with Crippen LogP contribution in [0, 0.1) is 28.6 Å². The summed E-state index contributed by atoms with van der Waals surface area (Å²) in [6.07, 6.45) is 8.40. The molecule has 3 saturated carbocycles. The summed E-state index contributed by atoms with van der Waals surface area (Å²) >= 11 is 0. The van der Waals surface area contributed by atoms with Crippen molar-refractivity contribution < 1.29 is 24.2 Å². The Labute approximate surface area is 195 Å². The fourth-order valence-electron chi connectivity index (χ4n) is 7.94. The van der Waals surface area contributed by atoms with Crippen LogP contribution in [0.1, 0.15) is 75.6 Å². The zero-order chi connectivity index (χ0) is 23.4. The summed E-state index contributed by atoms with van der Waals surface area (Å²) in [6.45, 7) is 4.02. The van der Waals surface area contributed by atoms with Crippen LogP contribution in [0.15, 0.2) is 42.0 Å². The first-order valence-corrected chi connectivity index (χ1v) is 12.4. The van der Waals surface area contributed by atoms with Crippen LogP contribution < -0.4 is 0 Å². The highest BCUT2D eigenvalue weighted by Gasteiger charge is 2.66. The number of carbonyl (C=O) groups excluding carboxylic acids is 3. The molecule has 0 radical (unpaired) electrons. The zero-order valence-electron chi connectivity index (χ0n) is 19.6. The third kappa shape index (κ3) is 3.34. The number of Topliss-reactive ketones (excluding diaryl/α,β-unsaturated/α-hetero) is 1. The third-order valence-corrected chi connectivity index (χ3v) is 9.92. The fraction of sp³-hybridized carbons (Fsp3) is 0.607. The highest BCUT2D eigenvalue weighted by atomic mass is 16.5. The van der Waals surface area contributed by atoms with E-state index in [-0.39, 0.29) is 22.9 Å². The molecule has 3 unspecified atom stereocenters. The van der Waals surface area contributed by atoms with Gasteiger partial charge < -0.3 is 9.84 Å². The van der Waals surface area contributed by atoms with Gasteiger partial charge in [-0.2, -0.15) is 0 Å². The Morgan fingerprint density at radius 3 is 2.48 bits per heavy atom. The van der Waals surface area contributed by atoms with E-state index in [4.69, 9.17) is 4.74 Å². The Hall–Kier alpha value is -2.27. The Kier molecular flexibility index (Phi) is 5.39. The molecule has 1 aromatic rings. The van der Waals surface area contributed by atoms with E-state index in [1.54, 1.807) is 24.3 Å². The van der Waals surface area contributed by atoms with Gasteiger partial charge in [-0.25, -0.2) is 4.79 Å². The molecule has 5 nitrogen and oxygen atoms in total. The average molecular weight is 451 g/mol. The van der Waals surface area contributed by atoms with Gasteiger partial charge in [-0.15, -0.1) is 0 Å². The topological polar surface area (TPSA) is 80.7 Å². The lowest BCUT2D eigenvalue weighted by atomic mass is 9.46. The predicted molar refractivity (Wildman–Crippen MR) is 123 cm³/mol. The van der Waals surface area contributed by atoms with Crippen molar-refractivity contribution in [2.45, 2.75) is 70.8 Å². The molecule has 0 spiro atoms. The molecular formula is C28H34O5. The first kappa shape index (κ1) is 22.5. The maximum Gasteiger partial charge on any atom is 0.338 e. The second-order valence-corrected chi connectivity index (χ2v) is 11.2. The standard InChI is InChI=1S/C28H34O5/c1-26-13-10-20(29)16-19(26)8-9-21-22(26)11-14-27(2)23(21)12-15-28(27,32)24(30)17-33-25(31)18-6-4-3-5-7-18/h3-7,16,21-23,32H,8-15,17H2,1-2H3/t21?,22?,23?,26-,27-,28-/m0/s1. The summed E-state index contributed by atoms with van der Waals surface area (Å²) in [7, 11) is 0. The van der Waals surface area contributed by atoms with Crippen molar-refractivity contribution in [1.29, 1.82) is 0 Å². The fourth-order valence-corrected chi connectivity index (χ4v) is 7.94. The molecular weight excluding hydrogens is 416 g/mol. The summed E-state index contributed by atoms with van der Waals surface area (Å²) in [5, 5.41) is 11.7. The maximum atomic E-state index is 13.3. The average Bonchev–Trinajstić information content (AvgIpc) is 3.10. The van der Waals surface area contributed by atoms with Gasteiger partial charge in [0.1, 0.15) is 5.60 Å². The van der Waals surface area contributed by atoms with Gasteiger partial charge in [-0.3, -0.25) is 9.59 Å². The SMILES string of the molecule is C[C@]12CCC(=O)C=C1CCC1C2CC[C@@]2(C)C1CC[C@]2(O)C(=O)COC(=O)c1ccccc1. The summed E-state index contributed by atoms with van der Waals surface area (Å²) in [5.74, 6) is 0.562. The number of carbonyl (C=O) groups is 3. The van der Waals surface area contributed by atoms with Crippen molar-refractivity contribution in [3.8, 4) is 0 Å². The molecule has 0 amide bonds. The smallest absolute Gasteiger partial charge is 0.338 e. The molecule has 0 heterocycles. The third-order valence-electron chi connectivity index (χ3n) is 9.92. The van der Waals surface area contributed by atoms with Crippen molar-refractivity contribution in [2.75, 3.05) is 6.61 Å². The predicted octanol–water partition coefficient (Wildman–Crippen LogP) is 4.68. The number of ketones is 2. The van der Waals surface area contributed by atoms with Gasteiger partial charge in [0.05, 0.1) is 5.56 Å². The van der Waals surface area contributed by atoms with E-state index in [0.717, 1.165) is 38.5 Å². The van der Waals surface area contributed by atoms with Crippen LogP contribution in [0.4, 0.5) is 0 Å². The lowest BCUT2D eigenvalue weighted by molar-refractivity contribution is -0.164. The van der Waals surface area contributed by atoms with E-state index in [2.05, 4.69) is 13.8 Å². The van der Waals surface area contributed by atoms with Crippen molar-refractivity contribution in [3.63, 3.8) is 0 Å². The molecule has 0 bridgehead atoms. The van der Waals surface area contributed by atoms with Crippen LogP contribution in [0.3, 0.4) is 0 Å². The van der Waals surface area contributed by atoms with Crippen molar-refractivity contribution in [2.24, 2.45) is 28.6 Å². The van der Waals surface area contributed by atoms with Gasteiger partial charge >= 0.3 is 5.97 Å². The Morgan fingerprint density at radius 2 is 1.73 bits per heavy atom. The second kappa shape index (κ2) is 7.90. The summed E-state index contributed by atoms with van der Waals surface area (Å²) in [5.41, 5.74) is -0.181. The number of aliphatic hydroxyl groups is 1. The van der Waals surface area contributed by atoms with E-state index in [1.807, 2.05) is 12.1 Å². The molecule has 4 aliphatic carbocycles. The van der Waals surface area contributed by atoms with Gasteiger partial charge in [-0.05, 0) is 86.3 Å². The van der Waals surface area contributed by atoms with Crippen molar-refractivity contribution >= 4 is 17.5 Å². The Bertz CT molecular complexity index is 1010. The molecule has 0 aromatic heterocycles. The van der Waals surface area contributed by atoms with Crippen LogP contribution >= 0.6 is 0 Å². The van der Waals surface area contributed by atoms with Gasteiger partial charge in [0, 0.05) is 11.8 Å². The minimum atomic E-state index is -1.46. The van der Waals surface area contributed by atoms with Crippen LogP contribution in [0.5, 0.6) is 0 Å². The maximum absolute atomic E-state index is 13.3. The minimum absolute atomic E-state index is 0.0636. The first-order chi connectivity index (χ1) is 15.7.